The Bertz CT molecular complexity index is 1420. The Kier molecular flexibility index (Phi) is 9.17. The number of nitrogens with one attached hydrogen (secondary N) is 2. The minimum Gasteiger partial charge on any atom is -0.373 e. The summed E-state index contributed by atoms with van der Waals surface area (Å²) in [6, 6.07) is 13.7. The summed E-state index contributed by atoms with van der Waals surface area (Å²) < 4.78 is 70.1. The van der Waals surface area contributed by atoms with E-state index in [4.69, 9.17) is 5.73 Å². The van der Waals surface area contributed by atoms with Crippen molar-refractivity contribution in [3.8, 4) is 0 Å². The molecule has 214 valence electrons. The highest BCUT2D eigenvalue weighted by Crippen LogP contribution is 2.33. The van der Waals surface area contributed by atoms with Crippen LogP contribution in [0.1, 0.15) is 36.0 Å². The number of benzene rings is 3. The first-order chi connectivity index (χ1) is 19.0. The lowest BCUT2D eigenvalue weighted by Gasteiger charge is -2.39. The third-order valence-electron chi connectivity index (χ3n) is 7.21. The molecular formula is C29H33F3N4O3S. The number of halogens is 3. The smallest absolute Gasteiger partial charge is 0.240 e. The molecule has 0 unspecified atom stereocenters. The Balaban J connectivity index is 1.69. The maximum absolute atomic E-state index is 15.2. The van der Waals surface area contributed by atoms with Crippen LogP contribution in [0, 0.1) is 17.5 Å². The molecule has 4 N–H and O–H groups in total. The van der Waals surface area contributed by atoms with E-state index in [1.165, 1.54) is 52.8 Å². The molecule has 1 fully saturated rings. The van der Waals surface area contributed by atoms with Crippen molar-refractivity contribution in [2.75, 3.05) is 24.7 Å². The van der Waals surface area contributed by atoms with Crippen molar-refractivity contribution in [2.24, 2.45) is 5.73 Å². The molecule has 0 saturated carbocycles. The second-order valence-corrected chi connectivity index (χ2v) is 12.1. The molecule has 4 rings (SSSR count). The fourth-order valence-corrected chi connectivity index (χ4v) is 7.00. The number of anilines is 1. The summed E-state index contributed by atoms with van der Waals surface area (Å²) in [4.78, 5) is 12.8. The highest BCUT2D eigenvalue weighted by molar-refractivity contribution is 7.88. The quantitative estimate of drug-likeness (QED) is 0.342. The highest BCUT2D eigenvalue weighted by atomic mass is 32.2. The van der Waals surface area contributed by atoms with Crippen molar-refractivity contribution in [1.82, 2.24) is 9.62 Å². The fourth-order valence-electron chi connectivity index (χ4n) is 5.55. The first-order valence-electron chi connectivity index (χ1n) is 13.0. The molecule has 1 amide bonds. The van der Waals surface area contributed by atoms with Crippen molar-refractivity contribution in [3.05, 3.63) is 101 Å². The molecule has 0 bridgehead atoms. The maximum Gasteiger partial charge on any atom is 0.240 e. The lowest BCUT2D eigenvalue weighted by molar-refractivity contribution is -0.119. The van der Waals surface area contributed by atoms with Gasteiger partial charge in [0.1, 0.15) is 23.5 Å². The molecule has 0 spiro atoms. The minimum atomic E-state index is -3.50. The Morgan fingerprint density at radius 1 is 1.02 bits per heavy atom. The van der Waals surface area contributed by atoms with Crippen LogP contribution in [0.5, 0.6) is 0 Å². The monoisotopic (exact) mass is 574 g/mol. The van der Waals surface area contributed by atoms with Crippen LogP contribution in [-0.4, -0.2) is 56.1 Å². The van der Waals surface area contributed by atoms with E-state index in [9.17, 15) is 22.0 Å². The molecule has 0 radical (unpaired) electrons. The van der Waals surface area contributed by atoms with Crippen LogP contribution in [0.4, 0.5) is 18.9 Å². The fraction of sp³-hybridized carbons (Fsp3) is 0.345. The molecule has 1 aliphatic rings. The van der Waals surface area contributed by atoms with Gasteiger partial charge in [0.05, 0.1) is 6.26 Å². The first-order valence-corrected chi connectivity index (χ1v) is 14.8. The van der Waals surface area contributed by atoms with E-state index >= 15 is 4.39 Å². The van der Waals surface area contributed by atoms with Gasteiger partial charge >= 0.3 is 0 Å². The number of sulfonamides is 1. The number of amides is 1. The van der Waals surface area contributed by atoms with Gasteiger partial charge in [-0.05, 0) is 67.3 Å². The van der Waals surface area contributed by atoms with Crippen LogP contribution in [0.25, 0.3) is 0 Å². The van der Waals surface area contributed by atoms with Gasteiger partial charge in [-0.15, -0.1) is 0 Å². The molecule has 3 aromatic carbocycles. The van der Waals surface area contributed by atoms with Gasteiger partial charge in [-0.3, -0.25) is 4.79 Å². The van der Waals surface area contributed by atoms with E-state index in [1.54, 1.807) is 18.2 Å². The second-order valence-electron chi connectivity index (χ2n) is 10.2. The SMILES string of the molecule is C[C@H]1CNC[C@H](CCc2c(F)cccc2N[C@H](C(N)=O)C(c2cccc(F)c2)c2cccc(F)c2)N1S(C)(=O)=O. The first kappa shape index (κ1) is 29.6. The molecule has 3 atom stereocenters. The molecule has 1 heterocycles. The summed E-state index contributed by atoms with van der Waals surface area (Å²) in [5.41, 5.74) is 7.12. The highest BCUT2D eigenvalue weighted by Gasteiger charge is 2.35. The van der Waals surface area contributed by atoms with Gasteiger partial charge in [0.15, 0.2) is 0 Å². The normalized spacial score (nSPS) is 18.9. The number of nitrogens with two attached hydrogens (primary N) is 1. The molecule has 11 heteroatoms. The summed E-state index contributed by atoms with van der Waals surface area (Å²) in [6.07, 6.45) is 1.64. The van der Waals surface area contributed by atoms with Crippen LogP contribution < -0.4 is 16.4 Å². The van der Waals surface area contributed by atoms with E-state index in [0.717, 1.165) is 6.26 Å². The zero-order chi connectivity index (χ0) is 29.0. The third kappa shape index (κ3) is 6.83. The van der Waals surface area contributed by atoms with Crippen molar-refractivity contribution in [3.63, 3.8) is 0 Å². The number of carbonyl (C=O) groups excluding carboxylic acids is 1. The standard InChI is InChI=1S/C29H33F3N4O3S/c1-18-16-34-17-23(36(18)40(2,38)39)12-13-24-25(32)10-5-11-26(24)35-28(29(33)37)27(19-6-3-8-21(30)14-19)20-7-4-9-22(31)15-20/h3-11,14-15,18,23,27-28,34-35H,12-13,16-17H2,1-2H3,(H2,33,37)/t18-,23-,28-/m0/s1. The molecule has 3 aromatic rings. The molecule has 0 aromatic heterocycles. The topological polar surface area (TPSA) is 105 Å². The zero-order valence-electron chi connectivity index (χ0n) is 22.3. The summed E-state index contributed by atoms with van der Waals surface area (Å²) in [6.45, 7) is 2.74. The number of primary amides is 1. The van der Waals surface area contributed by atoms with Crippen molar-refractivity contribution in [2.45, 2.75) is 43.8 Å². The molecule has 1 saturated heterocycles. The van der Waals surface area contributed by atoms with Gasteiger partial charge in [0, 0.05) is 42.3 Å². The van der Waals surface area contributed by atoms with Crippen molar-refractivity contribution < 1.29 is 26.4 Å². The van der Waals surface area contributed by atoms with Crippen molar-refractivity contribution >= 4 is 21.6 Å². The predicted octanol–water partition coefficient (Wildman–Crippen LogP) is 3.76. The average Bonchev–Trinajstić information content (AvgIpc) is 2.87. The Labute approximate surface area is 232 Å². The summed E-state index contributed by atoms with van der Waals surface area (Å²) in [7, 11) is -3.50. The van der Waals surface area contributed by atoms with Crippen LogP contribution in [0.2, 0.25) is 0 Å². The number of rotatable bonds is 10. The van der Waals surface area contributed by atoms with E-state index in [0.29, 0.717) is 30.6 Å². The molecule has 40 heavy (non-hydrogen) atoms. The second kappa shape index (κ2) is 12.4. The number of carbonyl (C=O) groups is 1. The van der Waals surface area contributed by atoms with Gasteiger partial charge < -0.3 is 16.4 Å². The van der Waals surface area contributed by atoms with Gasteiger partial charge in [-0.25, -0.2) is 21.6 Å². The van der Waals surface area contributed by atoms with Crippen LogP contribution in [0.3, 0.4) is 0 Å². The zero-order valence-corrected chi connectivity index (χ0v) is 23.1. The van der Waals surface area contributed by atoms with E-state index in [1.807, 2.05) is 6.92 Å². The Hall–Kier alpha value is -3.41. The van der Waals surface area contributed by atoms with Gasteiger partial charge in [0.25, 0.3) is 0 Å². The van der Waals surface area contributed by atoms with Crippen LogP contribution >= 0.6 is 0 Å². The predicted molar refractivity (Wildman–Crippen MR) is 149 cm³/mol. The van der Waals surface area contributed by atoms with Gasteiger partial charge in [-0.2, -0.15) is 4.31 Å². The molecular weight excluding hydrogens is 541 g/mol. The van der Waals surface area contributed by atoms with Crippen LogP contribution in [0.15, 0.2) is 66.7 Å². The van der Waals surface area contributed by atoms with Gasteiger partial charge in [0.2, 0.25) is 15.9 Å². The summed E-state index contributed by atoms with van der Waals surface area (Å²) >= 11 is 0. The maximum atomic E-state index is 15.2. The van der Waals surface area contributed by atoms with E-state index in [-0.39, 0.29) is 23.7 Å². The number of hydrogen-bond donors (Lipinski definition) is 3. The van der Waals surface area contributed by atoms with E-state index < -0.39 is 51.4 Å². The largest absolute Gasteiger partial charge is 0.373 e. The number of nitrogens with zero attached hydrogens (tertiary/aromatic N) is 1. The average molecular weight is 575 g/mol. The Morgan fingerprint density at radius 3 is 2.17 bits per heavy atom. The Morgan fingerprint density at radius 2 is 1.62 bits per heavy atom. The lowest BCUT2D eigenvalue weighted by Crippen LogP contribution is -2.58. The van der Waals surface area contributed by atoms with Gasteiger partial charge in [-0.1, -0.05) is 30.3 Å². The summed E-state index contributed by atoms with van der Waals surface area (Å²) in [5.74, 6) is -3.32. The third-order valence-corrected chi connectivity index (χ3v) is 8.63. The number of hydrogen-bond acceptors (Lipinski definition) is 5. The van der Waals surface area contributed by atoms with Crippen LogP contribution in [-0.2, 0) is 21.2 Å². The molecule has 1 aliphatic heterocycles. The summed E-state index contributed by atoms with van der Waals surface area (Å²) in [5, 5.41) is 6.28. The lowest BCUT2D eigenvalue weighted by atomic mass is 9.84. The minimum absolute atomic E-state index is 0.163. The number of piperazine rings is 1. The van der Waals surface area contributed by atoms with Crippen molar-refractivity contribution in [1.29, 1.82) is 0 Å². The molecule has 0 aliphatic carbocycles. The van der Waals surface area contributed by atoms with E-state index in [2.05, 4.69) is 10.6 Å². The molecule has 7 nitrogen and oxygen atoms in total.